The van der Waals surface area contributed by atoms with Crippen molar-refractivity contribution in [2.24, 2.45) is 0 Å². The van der Waals surface area contributed by atoms with Crippen LogP contribution < -0.4 is 20.7 Å². The van der Waals surface area contributed by atoms with Crippen LogP contribution in [-0.2, 0) is 6.54 Å². The first kappa shape index (κ1) is 18.7. The number of hydrogen-bond donors (Lipinski definition) is 3. The summed E-state index contributed by atoms with van der Waals surface area (Å²) in [4.78, 5) is 4.43. The molecule has 0 aliphatic carbocycles. The van der Waals surface area contributed by atoms with Gasteiger partial charge in [-0.1, -0.05) is 30.3 Å². The molecule has 0 atom stereocenters. The summed E-state index contributed by atoms with van der Waals surface area (Å²) in [7, 11) is 1.65. The number of rotatable bonds is 6. The van der Waals surface area contributed by atoms with Crippen molar-refractivity contribution in [1.82, 2.24) is 10.3 Å². The minimum absolute atomic E-state index is 0.548. The highest BCUT2D eigenvalue weighted by Crippen LogP contribution is 2.19. The molecule has 0 amide bonds. The third kappa shape index (κ3) is 5.43. The zero-order chi connectivity index (χ0) is 19.1. The summed E-state index contributed by atoms with van der Waals surface area (Å²) >= 11 is 5.35. The number of nitrogens with zero attached hydrogens (tertiary/aromatic N) is 1. The van der Waals surface area contributed by atoms with Crippen molar-refractivity contribution in [2.45, 2.75) is 13.5 Å². The second-order valence-corrected chi connectivity index (χ2v) is 6.44. The number of aromatic nitrogens is 1. The molecule has 5 nitrogen and oxygen atoms in total. The van der Waals surface area contributed by atoms with E-state index in [-0.39, 0.29) is 0 Å². The van der Waals surface area contributed by atoms with Gasteiger partial charge in [0.1, 0.15) is 11.6 Å². The van der Waals surface area contributed by atoms with Crippen LogP contribution in [0.15, 0.2) is 66.9 Å². The third-order valence-corrected chi connectivity index (χ3v) is 4.29. The van der Waals surface area contributed by atoms with Gasteiger partial charge in [-0.05, 0) is 60.6 Å². The maximum absolute atomic E-state index is 5.35. The van der Waals surface area contributed by atoms with Gasteiger partial charge in [-0.3, -0.25) is 0 Å². The molecule has 0 fully saturated rings. The van der Waals surface area contributed by atoms with Gasteiger partial charge in [0.15, 0.2) is 5.11 Å². The third-order valence-electron chi connectivity index (χ3n) is 4.04. The molecule has 0 unspecified atom stereocenters. The molecule has 6 heteroatoms. The monoisotopic (exact) mass is 378 g/mol. The average Bonchev–Trinajstić information content (AvgIpc) is 2.70. The number of hydrogen-bond acceptors (Lipinski definition) is 4. The summed E-state index contributed by atoms with van der Waals surface area (Å²) in [6.07, 6.45) is 1.75. The van der Waals surface area contributed by atoms with Gasteiger partial charge in [0, 0.05) is 12.2 Å². The van der Waals surface area contributed by atoms with Gasteiger partial charge in [-0.2, -0.15) is 0 Å². The van der Waals surface area contributed by atoms with E-state index in [1.165, 1.54) is 5.56 Å². The van der Waals surface area contributed by atoms with Crippen molar-refractivity contribution in [3.05, 3.63) is 78.0 Å². The summed E-state index contributed by atoms with van der Waals surface area (Å²) in [5, 5.41) is 10.2. The number of nitrogens with one attached hydrogen (secondary N) is 3. The maximum atomic E-state index is 5.35. The lowest BCUT2D eigenvalue weighted by Crippen LogP contribution is -2.27. The molecule has 0 bridgehead atoms. The lowest BCUT2D eigenvalue weighted by Gasteiger charge is -2.12. The van der Waals surface area contributed by atoms with Crippen molar-refractivity contribution < 1.29 is 4.74 Å². The first-order valence-corrected chi connectivity index (χ1v) is 9.01. The Morgan fingerprint density at radius 1 is 1.04 bits per heavy atom. The van der Waals surface area contributed by atoms with E-state index in [4.69, 9.17) is 17.0 Å². The van der Waals surface area contributed by atoms with Crippen LogP contribution in [0.2, 0.25) is 0 Å². The molecule has 1 aromatic heterocycles. The Morgan fingerprint density at radius 3 is 2.48 bits per heavy atom. The SMILES string of the molecule is COc1ccc(CNC(=S)Nc2ccc(Nc3ccccc3C)nc2)cc1. The van der Waals surface area contributed by atoms with Crippen molar-refractivity contribution >= 4 is 34.5 Å². The highest BCUT2D eigenvalue weighted by atomic mass is 32.1. The van der Waals surface area contributed by atoms with Gasteiger partial charge in [0.2, 0.25) is 0 Å². The van der Waals surface area contributed by atoms with Gasteiger partial charge in [-0.25, -0.2) is 4.98 Å². The molecule has 0 radical (unpaired) electrons. The lowest BCUT2D eigenvalue weighted by atomic mass is 10.2. The molecular formula is C21H22N4OS. The number of para-hydroxylation sites is 1. The van der Waals surface area contributed by atoms with Gasteiger partial charge in [-0.15, -0.1) is 0 Å². The Morgan fingerprint density at radius 2 is 1.81 bits per heavy atom. The van der Waals surface area contributed by atoms with Crippen LogP contribution in [0, 0.1) is 6.92 Å². The number of methoxy groups -OCH3 is 1. The minimum atomic E-state index is 0.548. The molecule has 0 aliphatic heterocycles. The molecular weight excluding hydrogens is 356 g/mol. The van der Waals surface area contributed by atoms with Crippen LogP contribution >= 0.6 is 12.2 Å². The van der Waals surface area contributed by atoms with Crippen molar-refractivity contribution in [3.63, 3.8) is 0 Å². The van der Waals surface area contributed by atoms with E-state index in [0.717, 1.165) is 28.5 Å². The molecule has 1 heterocycles. The van der Waals surface area contributed by atoms with Crippen molar-refractivity contribution in [3.8, 4) is 5.75 Å². The number of aryl methyl sites for hydroxylation is 1. The molecule has 0 spiro atoms. The average molecular weight is 379 g/mol. The fourth-order valence-electron chi connectivity index (χ4n) is 2.49. The first-order valence-electron chi connectivity index (χ1n) is 8.60. The standard InChI is InChI=1S/C21H22N4OS/c1-15-5-3-4-6-19(15)25-20-12-9-17(14-22-20)24-21(27)23-13-16-7-10-18(26-2)11-8-16/h3-12,14H,13H2,1-2H3,(H,22,25)(H2,23,24,27). The summed E-state index contributed by atoms with van der Waals surface area (Å²) in [6.45, 7) is 2.70. The molecule has 138 valence electrons. The predicted octanol–water partition coefficient (Wildman–Crippen LogP) is 4.63. The molecule has 2 aromatic carbocycles. The highest BCUT2D eigenvalue weighted by molar-refractivity contribution is 7.80. The van der Waals surface area contributed by atoms with Gasteiger partial charge < -0.3 is 20.7 Å². The number of ether oxygens (including phenoxy) is 1. The van der Waals surface area contributed by atoms with E-state index < -0.39 is 0 Å². The second-order valence-electron chi connectivity index (χ2n) is 6.03. The van der Waals surface area contributed by atoms with Crippen LogP contribution in [0.5, 0.6) is 5.75 Å². The largest absolute Gasteiger partial charge is 0.497 e. The normalized spacial score (nSPS) is 10.1. The number of benzene rings is 2. The summed E-state index contributed by atoms with van der Waals surface area (Å²) in [5.74, 6) is 1.62. The summed E-state index contributed by atoms with van der Waals surface area (Å²) < 4.78 is 5.16. The van der Waals surface area contributed by atoms with Crippen molar-refractivity contribution in [2.75, 3.05) is 17.7 Å². The maximum Gasteiger partial charge on any atom is 0.171 e. The Hall–Kier alpha value is -3.12. The Labute approximate surface area is 164 Å². The summed E-state index contributed by atoms with van der Waals surface area (Å²) in [6, 6.07) is 19.8. The van der Waals surface area contributed by atoms with E-state index in [1.807, 2.05) is 54.6 Å². The lowest BCUT2D eigenvalue weighted by molar-refractivity contribution is 0.414. The van der Waals surface area contributed by atoms with Crippen LogP contribution in [0.4, 0.5) is 17.2 Å². The highest BCUT2D eigenvalue weighted by Gasteiger charge is 2.02. The molecule has 3 rings (SSSR count). The Balaban J connectivity index is 1.51. The molecule has 0 saturated heterocycles. The van der Waals surface area contributed by atoms with Crippen LogP contribution in [0.25, 0.3) is 0 Å². The van der Waals surface area contributed by atoms with Gasteiger partial charge in [0.25, 0.3) is 0 Å². The fraction of sp³-hybridized carbons (Fsp3) is 0.143. The first-order chi connectivity index (χ1) is 13.1. The van der Waals surface area contributed by atoms with Gasteiger partial charge >= 0.3 is 0 Å². The van der Waals surface area contributed by atoms with Crippen LogP contribution in [0.1, 0.15) is 11.1 Å². The number of pyridine rings is 1. The Bertz CT molecular complexity index is 895. The van der Waals surface area contributed by atoms with E-state index >= 15 is 0 Å². The van der Waals surface area contributed by atoms with E-state index in [2.05, 4.69) is 33.9 Å². The minimum Gasteiger partial charge on any atom is -0.497 e. The second kappa shape index (κ2) is 9.00. The van der Waals surface area contributed by atoms with Gasteiger partial charge in [0.05, 0.1) is 19.0 Å². The zero-order valence-electron chi connectivity index (χ0n) is 15.3. The van der Waals surface area contributed by atoms with Crippen molar-refractivity contribution in [1.29, 1.82) is 0 Å². The number of thiocarbonyl (C=S) groups is 1. The molecule has 3 N–H and O–H groups in total. The van der Waals surface area contributed by atoms with Crippen LogP contribution in [-0.4, -0.2) is 17.2 Å². The quantitative estimate of drug-likeness (QED) is 0.544. The molecule has 3 aromatic rings. The predicted molar refractivity (Wildman–Crippen MR) is 115 cm³/mol. The molecule has 0 aliphatic rings. The zero-order valence-corrected chi connectivity index (χ0v) is 16.1. The molecule has 0 saturated carbocycles. The van der Waals surface area contributed by atoms with Crippen LogP contribution in [0.3, 0.4) is 0 Å². The summed E-state index contributed by atoms with van der Waals surface area (Å²) in [5.41, 5.74) is 4.17. The molecule has 27 heavy (non-hydrogen) atoms. The smallest absolute Gasteiger partial charge is 0.171 e. The fourth-order valence-corrected chi connectivity index (χ4v) is 2.68. The Kier molecular flexibility index (Phi) is 6.22. The topological polar surface area (TPSA) is 58.2 Å². The van der Waals surface area contributed by atoms with E-state index in [1.54, 1.807) is 13.3 Å². The van der Waals surface area contributed by atoms with E-state index in [0.29, 0.717) is 11.7 Å². The number of anilines is 3. The van der Waals surface area contributed by atoms with E-state index in [9.17, 15) is 0 Å².